The standard InChI is InChI=1S/C31H34N2O5/c1-5-37-25-13-9-23(10-14-25)28-27(30(35)31(36)33(28)18-17-32(3)4)29(34)24-11-15-26(16-12-24)38-20-22-8-6-7-21(2)19-22/h6-16,19,28,34H,5,17-18,20H2,1-4H3/b29-27+/t28-/m0/s1. The highest BCUT2D eigenvalue weighted by molar-refractivity contribution is 6.46. The number of ketones is 1. The number of nitrogens with zero attached hydrogens (tertiary/aromatic N) is 2. The highest BCUT2D eigenvalue weighted by atomic mass is 16.5. The molecule has 1 amide bonds. The number of likely N-dealkylation sites (tertiary alicyclic amines) is 1. The number of benzene rings is 3. The van der Waals surface area contributed by atoms with Crippen LogP contribution >= 0.6 is 0 Å². The summed E-state index contributed by atoms with van der Waals surface area (Å²) in [6.45, 7) is 5.81. The molecule has 1 heterocycles. The Balaban J connectivity index is 1.64. The number of aryl methyl sites for hydroxylation is 1. The van der Waals surface area contributed by atoms with Crippen LogP contribution in [0.4, 0.5) is 0 Å². The zero-order valence-electron chi connectivity index (χ0n) is 22.3. The fraction of sp³-hybridized carbons (Fsp3) is 0.290. The van der Waals surface area contributed by atoms with E-state index >= 15 is 0 Å². The molecule has 1 atom stereocenters. The maximum absolute atomic E-state index is 13.2. The second-order valence-electron chi connectivity index (χ2n) is 9.60. The largest absolute Gasteiger partial charge is 0.507 e. The van der Waals surface area contributed by atoms with E-state index in [0.717, 1.165) is 16.7 Å². The number of hydrogen-bond donors (Lipinski definition) is 1. The molecule has 0 spiro atoms. The number of aliphatic hydroxyl groups excluding tert-OH is 1. The van der Waals surface area contributed by atoms with Crippen LogP contribution < -0.4 is 9.47 Å². The van der Waals surface area contributed by atoms with Gasteiger partial charge in [-0.3, -0.25) is 9.59 Å². The summed E-state index contributed by atoms with van der Waals surface area (Å²) in [4.78, 5) is 29.8. The van der Waals surface area contributed by atoms with E-state index in [1.54, 1.807) is 24.3 Å². The Kier molecular flexibility index (Phi) is 8.48. The number of amides is 1. The summed E-state index contributed by atoms with van der Waals surface area (Å²) in [5.74, 6) is -0.189. The van der Waals surface area contributed by atoms with Crippen molar-refractivity contribution in [3.8, 4) is 11.5 Å². The van der Waals surface area contributed by atoms with Gasteiger partial charge in [-0.15, -0.1) is 0 Å². The molecule has 0 aliphatic carbocycles. The van der Waals surface area contributed by atoms with Crippen LogP contribution in [0.3, 0.4) is 0 Å². The molecule has 4 rings (SSSR count). The van der Waals surface area contributed by atoms with Gasteiger partial charge in [0.25, 0.3) is 11.7 Å². The number of carbonyl (C=O) groups excluding carboxylic acids is 2. The third kappa shape index (κ3) is 6.06. The first-order valence-electron chi connectivity index (χ1n) is 12.7. The Morgan fingerprint density at radius 3 is 2.24 bits per heavy atom. The van der Waals surface area contributed by atoms with Gasteiger partial charge in [-0.2, -0.15) is 0 Å². The number of ether oxygens (including phenoxy) is 2. The minimum Gasteiger partial charge on any atom is -0.507 e. The highest BCUT2D eigenvalue weighted by Crippen LogP contribution is 2.39. The molecule has 0 saturated carbocycles. The van der Waals surface area contributed by atoms with Crippen molar-refractivity contribution in [3.05, 3.63) is 101 Å². The first kappa shape index (κ1) is 26.9. The smallest absolute Gasteiger partial charge is 0.295 e. The van der Waals surface area contributed by atoms with Crippen LogP contribution in [0.2, 0.25) is 0 Å². The lowest BCUT2D eigenvalue weighted by atomic mass is 9.95. The minimum absolute atomic E-state index is 0.0753. The third-order valence-electron chi connectivity index (χ3n) is 6.45. The van der Waals surface area contributed by atoms with Gasteiger partial charge in [-0.25, -0.2) is 0 Å². The molecule has 1 N–H and O–H groups in total. The molecule has 3 aromatic carbocycles. The molecule has 0 radical (unpaired) electrons. The second-order valence-corrected chi connectivity index (χ2v) is 9.60. The van der Waals surface area contributed by atoms with Crippen molar-refractivity contribution in [2.45, 2.75) is 26.5 Å². The van der Waals surface area contributed by atoms with Gasteiger partial charge >= 0.3 is 0 Å². The Labute approximate surface area is 223 Å². The van der Waals surface area contributed by atoms with E-state index in [-0.39, 0.29) is 11.3 Å². The molecule has 7 nitrogen and oxygen atoms in total. The maximum Gasteiger partial charge on any atom is 0.295 e. The minimum atomic E-state index is -0.706. The van der Waals surface area contributed by atoms with Crippen molar-refractivity contribution < 1.29 is 24.2 Å². The predicted octanol–water partition coefficient (Wildman–Crippen LogP) is 4.96. The van der Waals surface area contributed by atoms with Gasteiger partial charge < -0.3 is 24.4 Å². The summed E-state index contributed by atoms with van der Waals surface area (Å²) in [6, 6.07) is 21.6. The molecular weight excluding hydrogens is 480 g/mol. The van der Waals surface area contributed by atoms with E-state index in [0.29, 0.717) is 43.4 Å². The van der Waals surface area contributed by atoms with E-state index < -0.39 is 17.7 Å². The van der Waals surface area contributed by atoms with Crippen LogP contribution in [0.5, 0.6) is 11.5 Å². The van der Waals surface area contributed by atoms with Crippen molar-refractivity contribution in [2.75, 3.05) is 33.8 Å². The van der Waals surface area contributed by atoms with E-state index in [1.165, 1.54) is 4.90 Å². The summed E-state index contributed by atoms with van der Waals surface area (Å²) in [6.07, 6.45) is 0. The summed E-state index contributed by atoms with van der Waals surface area (Å²) < 4.78 is 11.4. The van der Waals surface area contributed by atoms with Crippen molar-refractivity contribution in [3.63, 3.8) is 0 Å². The van der Waals surface area contributed by atoms with Crippen LogP contribution in [0.25, 0.3) is 5.76 Å². The zero-order chi connectivity index (χ0) is 27.2. The monoisotopic (exact) mass is 514 g/mol. The number of hydrogen-bond acceptors (Lipinski definition) is 6. The van der Waals surface area contributed by atoms with Crippen molar-refractivity contribution in [2.24, 2.45) is 0 Å². The fourth-order valence-corrected chi connectivity index (χ4v) is 4.51. The predicted molar refractivity (Wildman–Crippen MR) is 147 cm³/mol. The highest BCUT2D eigenvalue weighted by Gasteiger charge is 2.45. The Hall–Kier alpha value is -4.10. The molecule has 38 heavy (non-hydrogen) atoms. The summed E-state index contributed by atoms with van der Waals surface area (Å²) in [5.41, 5.74) is 3.47. The number of aliphatic hydroxyl groups is 1. The molecule has 198 valence electrons. The van der Waals surface area contributed by atoms with Crippen molar-refractivity contribution in [1.29, 1.82) is 0 Å². The van der Waals surface area contributed by atoms with Crippen LogP contribution in [0.1, 0.15) is 35.2 Å². The van der Waals surface area contributed by atoms with Gasteiger partial charge in [-0.05, 0) is 75.5 Å². The molecule has 1 aliphatic heterocycles. The van der Waals surface area contributed by atoms with Crippen LogP contribution in [-0.4, -0.2) is 60.4 Å². The molecule has 0 aromatic heterocycles. The van der Waals surface area contributed by atoms with E-state index in [1.807, 2.05) is 75.3 Å². The van der Waals surface area contributed by atoms with Crippen molar-refractivity contribution in [1.82, 2.24) is 9.80 Å². The van der Waals surface area contributed by atoms with Gasteiger partial charge in [0.15, 0.2) is 0 Å². The van der Waals surface area contributed by atoms with Crippen LogP contribution in [-0.2, 0) is 16.2 Å². The normalized spacial score (nSPS) is 16.8. The maximum atomic E-state index is 13.2. The molecule has 1 aliphatic rings. The second kappa shape index (κ2) is 12.0. The first-order valence-corrected chi connectivity index (χ1v) is 12.7. The quantitative estimate of drug-likeness (QED) is 0.234. The lowest BCUT2D eigenvalue weighted by Crippen LogP contribution is -2.35. The lowest BCUT2D eigenvalue weighted by Gasteiger charge is -2.26. The number of likely N-dealkylation sites (N-methyl/N-ethyl adjacent to an activating group) is 1. The molecule has 3 aromatic rings. The number of Topliss-reactive ketones (excluding diaryl/α,β-unsaturated/α-hetero) is 1. The summed E-state index contributed by atoms with van der Waals surface area (Å²) >= 11 is 0. The fourth-order valence-electron chi connectivity index (χ4n) is 4.51. The SMILES string of the molecule is CCOc1ccc([C@H]2/C(=C(\O)c3ccc(OCc4cccc(C)c4)cc3)C(=O)C(=O)N2CCN(C)C)cc1. The van der Waals surface area contributed by atoms with Gasteiger partial charge in [-0.1, -0.05) is 42.0 Å². The Morgan fingerprint density at radius 2 is 1.61 bits per heavy atom. The summed E-state index contributed by atoms with van der Waals surface area (Å²) in [7, 11) is 3.82. The Bertz CT molecular complexity index is 1310. The van der Waals surface area contributed by atoms with E-state index in [2.05, 4.69) is 6.07 Å². The summed E-state index contributed by atoms with van der Waals surface area (Å²) in [5, 5.41) is 11.3. The van der Waals surface area contributed by atoms with Gasteiger partial charge in [0.2, 0.25) is 0 Å². The molecular formula is C31H34N2O5. The molecule has 1 saturated heterocycles. The average molecular weight is 515 g/mol. The Morgan fingerprint density at radius 1 is 0.947 bits per heavy atom. The third-order valence-corrected chi connectivity index (χ3v) is 6.45. The zero-order valence-corrected chi connectivity index (χ0v) is 22.3. The van der Waals surface area contributed by atoms with Gasteiger partial charge in [0.1, 0.15) is 23.9 Å². The first-order chi connectivity index (χ1) is 18.3. The number of carbonyl (C=O) groups is 2. The van der Waals surface area contributed by atoms with Gasteiger partial charge in [0, 0.05) is 18.7 Å². The van der Waals surface area contributed by atoms with Crippen LogP contribution in [0, 0.1) is 6.92 Å². The molecule has 0 bridgehead atoms. The molecule has 1 fully saturated rings. The lowest BCUT2D eigenvalue weighted by molar-refractivity contribution is -0.140. The molecule has 0 unspecified atom stereocenters. The van der Waals surface area contributed by atoms with Crippen molar-refractivity contribution >= 4 is 17.4 Å². The average Bonchev–Trinajstić information content (AvgIpc) is 3.16. The number of rotatable bonds is 10. The van der Waals surface area contributed by atoms with Gasteiger partial charge in [0.05, 0.1) is 18.2 Å². The van der Waals surface area contributed by atoms with Crippen LogP contribution in [0.15, 0.2) is 78.4 Å². The van der Waals surface area contributed by atoms with E-state index in [9.17, 15) is 14.7 Å². The van der Waals surface area contributed by atoms with E-state index in [4.69, 9.17) is 9.47 Å². The molecule has 7 heteroatoms. The topological polar surface area (TPSA) is 79.3 Å².